The van der Waals surface area contributed by atoms with Gasteiger partial charge < -0.3 is 35.3 Å². The van der Waals surface area contributed by atoms with Crippen LogP contribution in [0.1, 0.15) is 13.2 Å². The van der Waals surface area contributed by atoms with Crippen molar-refractivity contribution < 1.29 is 30.3 Å². The SMILES string of the molecule is C/C(=C\CN=c1ncn(C2O[C@H](CO)[C@@H](O)[C@H](O)[C@H]2O)c2nc[nH]c12)CO. The zero-order valence-corrected chi connectivity index (χ0v) is 14.7. The molecule has 1 aliphatic rings. The second-order valence-electron chi connectivity index (χ2n) is 6.35. The summed E-state index contributed by atoms with van der Waals surface area (Å²) in [7, 11) is 0. The molecule has 0 amide bonds. The van der Waals surface area contributed by atoms with Gasteiger partial charge in [0, 0.05) is 0 Å². The van der Waals surface area contributed by atoms with Crippen LogP contribution >= 0.6 is 0 Å². The van der Waals surface area contributed by atoms with Gasteiger partial charge in [-0.2, -0.15) is 0 Å². The van der Waals surface area contributed by atoms with Crippen LogP contribution in [-0.4, -0.2) is 89.2 Å². The lowest BCUT2D eigenvalue weighted by molar-refractivity contribution is -0.250. The summed E-state index contributed by atoms with van der Waals surface area (Å²) in [6.07, 6.45) is -1.98. The number of rotatable bonds is 5. The summed E-state index contributed by atoms with van der Waals surface area (Å²) < 4.78 is 6.96. The number of fused-ring (bicyclic) bond motifs is 1. The number of aliphatic hydroxyl groups excluding tert-OH is 5. The van der Waals surface area contributed by atoms with Crippen molar-refractivity contribution in [1.82, 2.24) is 19.5 Å². The zero-order chi connectivity index (χ0) is 19.6. The van der Waals surface area contributed by atoms with Crippen LogP contribution in [0.5, 0.6) is 0 Å². The topological polar surface area (TPSA) is 169 Å². The molecule has 11 nitrogen and oxygen atoms in total. The van der Waals surface area contributed by atoms with E-state index in [1.807, 2.05) is 0 Å². The van der Waals surface area contributed by atoms with Crippen LogP contribution in [0, 0.1) is 0 Å². The Morgan fingerprint density at radius 2 is 2.04 bits per heavy atom. The van der Waals surface area contributed by atoms with Crippen LogP contribution in [0.4, 0.5) is 0 Å². The first kappa shape index (κ1) is 19.6. The number of hydrogen-bond donors (Lipinski definition) is 6. The molecule has 1 fully saturated rings. The molecule has 27 heavy (non-hydrogen) atoms. The molecule has 2 aromatic heterocycles. The summed E-state index contributed by atoms with van der Waals surface area (Å²) in [4.78, 5) is 15.7. The van der Waals surface area contributed by atoms with Gasteiger partial charge in [0.25, 0.3) is 0 Å². The number of aromatic nitrogens is 4. The maximum atomic E-state index is 10.3. The van der Waals surface area contributed by atoms with Gasteiger partial charge in [0.15, 0.2) is 17.4 Å². The smallest absolute Gasteiger partial charge is 0.177 e. The van der Waals surface area contributed by atoms with Gasteiger partial charge in [-0.1, -0.05) is 11.6 Å². The van der Waals surface area contributed by atoms with Gasteiger partial charge in [0.05, 0.1) is 26.1 Å². The highest BCUT2D eigenvalue weighted by Crippen LogP contribution is 2.29. The van der Waals surface area contributed by atoms with E-state index in [0.717, 1.165) is 5.57 Å². The largest absolute Gasteiger partial charge is 0.394 e. The van der Waals surface area contributed by atoms with Crippen molar-refractivity contribution >= 4 is 11.2 Å². The molecule has 1 aliphatic heterocycles. The number of aromatic amines is 1. The number of nitrogens with zero attached hydrogens (tertiary/aromatic N) is 4. The molecule has 0 spiro atoms. The molecule has 0 radical (unpaired) electrons. The third kappa shape index (κ3) is 3.78. The van der Waals surface area contributed by atoms with E-state index < -0.39 is 37.3 Å². The zero-order valence-electron chi connectivity index (χ0n) is 14.7. The second kappa shape index (κ2) is 8.25. The van der Waals surface area contributed by atoms with Crippen LogP contribution in [-0.2, 0) is 4.74 Å². The first-order chi connectivity index (χ1) is 13.0. The van der Waals surface area contributed by atoms with Crippen molar-refractivity contribution in [3.8, 4) is 0 Å². The van der Waals surface area contributed by atoms with Crippen LogP contribution in [0.15, 0.2) is 29.3 Å². The first-order valence-corrected chi connectivity index (χ1v) is 8.45. The van der Waals surface area contributed by atoms with Crippen molar-refractivity contribution in [3.05, 3.63) is 29.8 Å². The van der Waals surface area contributed by atoms with Gasteiger partial charge in [-0.25, -0.2) is 9.97 Å². The maximum absolute atomic E-state index is 10.3. The predicted molar refractivity (Wildman–Crippen MR) is 92.2 cm³/mol. The minimum atomic E-state index is -1.50. The van der Waals surface area contributed by atoms with Crippen molar-refractivity contribution in [2.45, 2.75) is 37.6 Å². The van der Waals surface area contributed by atoms with Gasteiger partial charge in [0.1, 0.15) is 36.3 Å². The molecular formula is C16H23N5O6. The molecule has 1 unspecified atom stereocenters. The Labute approximate surface area is 153 Å². The molecule has 0 bridgehead atoms. The fourth-order valence-electron chi connectivity index (χ4n) is 2.85. The molecule has 2 aromatic rings. The minimum Gasteiger partial charge on any atom is -0.394 e. The quantitative estimate of drug-likeness (QED) is 0.311. The van der Waals surface area contributed by atoms with Crippen molar-refractivity contribution in [2.24, 2.45) is 4.99 Å². The average Bonchev–Trinajstić information content (AvgIpc) is 3.17. The molecule has 3 heterocycles. The molecule has 0 saturated carbocycles. The van der Waals surface area contributed by atoms with E-state index in [4.69, 9.17) is 9.84 Å². The van der Waals surface area contributed by atoms with Crippen molar-refractivity contribution in [1.29, 1.82) is 0 Å². The highest BCUT2D eigenvalue weighted by molar-refractivity contribution is 5.68. The molecule has 5 atom stereocenters. The first-order valence-electron chi connectivity index (χ1n) is 8.45. The van der Waals surface area contributed by atoms with E-state index in [0.29, 0.717) is 23.2 Å². The average molecular weight is 381 g/mol. The van der Waals surface area contributed by atoms with E-state index in [-0.39, 0.29) is 6.61 Å². The Bertz CT molecular complexity index is 876. The van der Waals surface area contributed by atoms with Crippen LogP contribution in [0.2, 0.25) is 0 Å². The number of ether oxygens (including phenoxy) is 1. The summed E-state index contributed by atoms with van der Waals surface area (Å²) in [6.45, 7) is 1.53. The lowest BCUT2D eigenvalue weighted by Gasteiger charge is -2.40. The Kier molecular flexibility index (Phi) is 5.99. The number of nitrogens with one attached hydrogen (secondary N) is 1. The van der Waals surface area contributed by atoms with Gasteiger partial charge in [0.2, 0.25) is 0 Å². The van der Waals surface area contributed by atoms with Crippen LogP contribution in [0.3, 0.4) is 0 Å². The minimum absolute atomic E-state index is 0.0473. The van der Waals surface area contributed by atoms with Gasteiger partial charge in [-0.15, -0.1) is 0 Å². The van der Waals surface area contributed by atoms with E-state index in [1.165, 1.54) is 17.2 Å². The summed E-state index contributed by atoms with van der Waals surface area (Å²) in [5, 5.41) is 48.6. The molecule has 3 rings (SSSR count). The molecular weight excluding hydrogens is 358 g/mol. The molecule has 148 valence electrons. The van der Waals surface area contributed by atoms with E-state index in [9.17, 15) is 20.4 Å². The molecule has 6 N–H and O–H groups in total. The fraction of sp³-hybridized carbons (Fsp3) is 0.562. The Hall–Kier alpha value is -2.15. The Balaban J connectivity index is 1.98. The maximum Gasteiger partial charge on any atom is 0.177 e. The summed E-state index contributed by atoms with van der Waals surface area (Å²) in [5.41, 5.74) is 2.03. The number of aliphatic hydroxyl groups is 5. The van der Waals surface area contributed by atoms with Crippen molar-refractivity contribution in [2.75, 3.05) is 19.8 Å². The van der Waals surface area contributed by atoms with Crippen LogP contribution in [0.25, 0.3) is 11.2 Å². The molecule has 0 aliphatic carbocycles. The van der Waals surface area contributed by atoms with E-state index >= 15 is 0 Å². The lowest BCUT2D eigenvalue weighted by Crippen LogP contribution is -2.56. The predicted octanol–water partition coefficient (Wildman–Crippen LogP) is -2.43. The monoisotopic (exact) mass is 381 g/mol. The van der Waals surface area contributed by atoms with Gasteiger partial charge in [-0.3, -0.25) is 9.56 Å². The van der Waals surface area contributed by atoms with Gasteiger partial charge >= 0.3 is 0 Å². The molecule has 0 aromatic carbocycles. The molecule has 1 saturated heterocycles. The highest BCUT2D eigenvalue weighted by atomic mass is 16.6. The standard InChI is InChI=1S/C16H23N5O6/c1-8(4-22)2-3-17-14-10-15(19-6-18-10)21(7-20-14)16-13(26)12(25)11(24)9(5-23)27-16/h2,6-7,9,11-13,16,22-26H,3-5H2,1H3,(H,18,19)/b8-2+,17-14?/t9-,11-,12+,13-,16?/m1/s1. The summed E-state index contributed by atoms with van der Waals surface area (Å²) in [5.74, 6) is 0. The summed E-state index contributed by atoms with van der Waals surface area (Å²) >= 11 is 0. The normalized spacial score (nSPS) is 30.2. The number of imidazole rings is 1. The fourth-order valence-corrected chi connectivity index (χ4v) is 2.85. The summed E-state index contributed by atoms with van der Waals surface area (Å²) in [6, 6.07) is 0. The third-order valence-electron chi connectivity index (χ3n) is 4.46. The van der Waals surface area contributed by atoms with E-state index in [1.54, 1.807) is 13.0 Å². The Morgan fingerprint density at radius 3 is 2.74 bits per heavy atom. The molecule has 11 heteroatoms. The second-order valence-corrected chi connectivity index (χ2v) is 6.35. The van der Waals surface area contributed by atoms with E-state index in [2.05, 4.69) is 19.9 Å². The lowest BCUT2D eigenvalue weighted by atomic mass is 9.98. The number of hydrogen-bond acceptors (Lipinski definition) is 9. The highest BCUT2D eigenvalue weighted by Gasteiger charge is 2.44. The number of H-pyrrole nitrogens is 1. The van der Waals surface area contributed by atoms with Gasteiger partial charge in [-0.05, 0) is 6.92 Å². The van der Waals surface area contributed by atoms with Crippen LogP contribution < -0.4 is 5.49 Å². The third-order valence-corrected chi connectivity index (χ3v) is 4.46. The van der Waals surface area contributed by atoms with Crippen molar-refractivity contribution in [3.63, 3.8) is 0 Å². The Morgan fingerprint density at radius 1 is 1.26 bits per heavy atom.